The summed E-state index contributed by atoms with van der Waals surface area (Å²) in [4.78, 5) is 23.0. The number of non-ortho nitro benzene ring substituents is 1. The van der Waals surface area contributed by atoms with Crippen LogP contribution in [0.2, 0.25) is 0 Å². The van der Waals surface area contributed by atoms with E-state index in [0.29, 0.717) is 23.5 Å². The molecule has 2 aromatic rings. The summed E-state index contributed by atoms with van der Waals surface area (Å²) < 4.78 is 0. The molecular weight excluding hydrogens is 362 g/mol. The number of nitro groups is 1. The lowest BCUT2D eigenvalue weighted by molar-refractivity contribution is -0.384. The molecule has 2 saturated carbocycles. The second-order valence-corrected chi connectivity index (χ2v) is 9.47. The maximum atomic E-state index is 12.5. The maximum absolute atomic E-state index is 12.5. The number of carbonyl (C=O) groups excluding carboxylic acids is 1. The van der Waals surface area contributed by atoms with Gasteiger partial charge in [0, 0.05) is 24.0 Å². The minimum atomic E-state index is -0.355. The third kappa shape index (κ3) is 3.00. The second kappa shape index (κ2) is 6.79. The van der Waals surface area contributed by atoms with E-state index in [4.69, 9.17) is 0 Å². The van der Waals surface area contributed by atoms with Gasteiger partial charge in [-0.2, -0.15) is 0 Å². The van der Waals surface area contributed by atoms with E-state index in [1.165, 1.54) is 23.1 Å². The predicted octanol–water partition coefficient (Wildman–Crippen LogP) is 5.61. The number of ketones is 1. The number of rotatable bonds is 3. The molecule has 0 radical (unpaired) electrons. The van der Waals surface area contributed by atoms with Crippen molar-refractivity contribution in [1.29, 1.82) is 0 Å². The molecule has 4 nitrogen and oxygen atoms in total. The fraction of sp³-hybridized carbons (Fsp3) is 0.480. The lowest BCUT2D eigenvalue weighted by Crippen LogP contribution is -2.42. The summed E-state index contributed by atoms with van der Waals surface area (Å²) in [5, 5.41) is 10.8. The SMILES string of the molecule is C[C@@]12CC[C@@H]3c4ccc(Cc5ccc([N+](=O)[O-])cc5)cc4CC[C@@H]3[C@@H]1CCC2=O. The average molecular weight is 389 g/mol. The van der Waals surface area contributed by atoms with E-state index in [9.17, 15) is 14.9 Å². The summed E-state index contributed by atoms with van der Waals surface area (Å²) in [6.45, 7) is 2.23. The van der Waals surface area contributed by atoms with Crippen molar-refractivity contribution >= 4 is 11.5 Å². The van der Waals surface area contributed by atoms with Crippen LogP contribution in [0.3, 0.4) is 0 Å². The van der Waals surface area contributed by atoms with Crippen molar-refractivity contribution in [1.82, 2.24) is 0 Å². The Morgan fingerprint density at radius 3 is 2.55 bits per heavy atom. The van der Waals surface area contributed by atoms with E-state index < -0.39 is 0 Å². The number of nitro benzene ring substituents is 1. The van der Waals surface area contributed by atoms with Gasteiger partial charge in [0.2, 0.25) is 0 Å². The summed E-state index contributed by atoms with van der Waals surface area (Å²) >= 11 is 0. The zero-order valence-electron chi connectivity index (χ0n) is 16.9. The van der Waals surface area contributed by atoms with E-state index in [2.05, 4.69) is 25.1 Å². The Hall–Kier alpha value is -2.49. The molecule has 4 atom stereocenters. The number of hydrogen-bond donors (Lipinski definition) is 0. The van der Waals surface area contributed by atoms with Gasteiger partial charge in [-0.3, -0.25) is 14.9 Å². The van der Waals surface area contributed by atoms with Gasteiger partial charge in [0.1, 0.15) is 5.78 Å². The molecule has 0 saturated heterocycles. The zero-order valence-corrected chi connectivity index (χ0v) is 16.9. The molecule has 0 heterocycles. The average Bonchev–Trinajstić information content (AvgIpc) is 3.03. The fourth-order valence-electron chi connectivity index (χ4n) is 6.49. The van der Waals surface area contributed by atoms with Crippen molar-refractivity contribution < 1.29 is 9.72 Å². The van der Waals surface area contributed by atoms with E-state index in [-0.39, 0.29) is 16.0 Å². The van der Waals surface area contributed by atoms with Gasteiger partial charge in [-0.25, -0.2) is 0 Å². The molecule has 0 bridgehead atoms. The fourth-order valence-corrected chi connectivity index (χ4v) is 6.49. The first kappa shape index (κ1) is 18.5. The highest BCUT2D eigenvalue weighted by Crippen LogP contribution is 2.59. The Morgan fingerprint density at radius 1 is 1.03 bits per heavy atom. The van der Waals surface area contributed by atoms with Gasteiger partial charge in [0.15, 0.2) is 0 Å². The third-order valence-electron chi connectivity index (χ3n) is 8.06. The van der Waals surface area contributed by atoms with E-state index >= 15 is 0 Å². The molecule has 0 N–H and O–H groups in total. The minimum absolute atomic E-state index is 0.0610. The maximum Gasteiger partial charge on any atom is 0.269 e. The van der Waals surface area contributed by atoms with Crippen LogP contribution in [0.4, 0.5) is 5.69 Å². The first-order valence-corrected chi connectivity index (χ1v) is 10.8. The van der Waals surface area contributed by atoms with Crippen molar-refractivity contribution in [3.63, 3.8) is 0 Å². The highest BCUT2D eigenvalue weighted by Gasteiger charge is 2.54. The van der Waals surface area contributed by atoms with Crippen molar-refractivity contribution in [3.05, 3.63) is 74.8 Å². The van der Waals surface area contributed by atoms with Gasteiger partial charge in [-0.05, 0) is 78.5 Å². The number of carbonyl (C=O) groups is 1. The minimum Gasteiger partial charge on any atom is -0.299 e. The van der Waals surface area contributed by atoms with Crippen LogP contribution in [0.25, 0.3) is 0 Å². The number of aryl methyl sites for hydroxylation is 1. The topological polar surface area (TPSA) is 60.2 Å². The molecule has 0 amide bonds. The van der Waals surface area contributed by atoms with Crippen LogP contribution in [0.1, 0.15) is 67.2 Å². The van der Waals surface area contributed by atoms with Gasteiger partial charge in [0.05, 0.1) is 4.92 Å². The molecule has 0 spiro atoms. The van der Waals surface area contributed by atoms with Crippen molar-refractivity contribution in [2.24, 2.45) is 17.3 Å². The smallest absolute Gasteiger partial charge is 0.269 e. The van der Waals surface area contributed by atoms with Crippen LogP contribution >= 0.6 is 0 Å². The number of Topliss-reactive ketones (excluding diaryl/α,β-unsaturated/α-hetero) is 1. The van der Waals surface area contributed by atoms with Crippen molar-refractivity contribution in [2.45, 2.75) is 57.8 Å². The van der Waals surface area contributed by atoms with Gasteiger partial charge < -0.3 is 0 Å². The highest BCUT2D eigenvalue weighted by atomic mass is 16.6. The van der Waals surface area contributed by atoms with E-state index in [1.807, 2.05) is 12.1 Å². The van der Waals surface area contributed by atoms with E-state index in [1.54, 1.807) is 12.1 Å². The van der Waals surface area contributed by atoms with Gasteiger partial charge in [0.25, 0.3) is 5.69 Å². The van der Waals surface area contributed by atoms with Crippen molar-refractivity contribution in [3.8, 4) is 0 Å². The molecule has 0 aromatic heterocycles. The standard InChI is InChI=1S/C25H27NO3/c1-25-13-12-21-20-8-4-17(14-16-2-6-19(7-3-16)26(28)29)15-18(20)5-9-22(21)23(25)10-11-24(25)27/h2-4,6-8,15,21-23H,5,9-14H2,1H3/t21-,22+,23+,25-/m1/s1. The molecule has 2 fully saturated rings. The highest BCUT2D eigenvalue weighted by molar-refractivity contribution is 5.87. The number of benzene rings is 2. The number of nitrogens with zero attached hydrogens (tertiary/aromatic N) is 1. The van der Waals surface area contributed by atoms with Gasteiger partial charge in [-0.15, -0.1) is 0 Å². The van der Waals surface area contributed by atoms with Crippen LogP contribution in [0.15, 0.2) is 42.5 Å². The van der Waals surface area contributed by atoms with Crippen LogP contribution in [-0.4, -0.2) is 10.7 Å². The molecule has 0 unspecified atom stereocenters. The Bertz CT molecular complexity index is 980. The second-order valence-electron chi connectivity index (χ2n) is 9.47. The van der Waals surface area contributed by atoms with Gasteiger partial charge in [-0.1, -0.05) is 37.3 Å². The zero-order chi connectivity index (χ0) is 20.2. The summed E-state index contributed by atoms with van der Waals surface area (Å²) in [6, 6.07) is 13.8. The largest absolute Gasteiger partial charge is 0.299 e. The Kier molecular flexibility index (Phi) is 4.34. The molecule has 4 heteroatoms. The number of hydrogen-bond acceptors (Lipinski definition) is 3. The lowest BCUT2D eigenvalue weighted by atomic mass is 9.55. The predicted molar refractivity (Wildman–Crippen MR) is 112 cm³/mol. The molecule has 2 aromatic carbocycles. The number of fused-ring (bicyclic) bond motifs is 5. The van der Waals surface area contributed by atoms with Crippen molar-refractivity contribution in [2.75, 3.05) is 0 Å². The molecular formula is C25H27NO3. The monoisotopic (exact) mass is 389 g/mol. The summed E-state index contributed by atoms with van der Waals surface area (Å²) in [6.07, 6.45) is 7.15. The Morgan fingerprint density at radius 2 is 1.79 bits per heavy atom. The Labute approximate surface area is 171 Å². The molecule has 3 aliphatic rings. The van der Waals surface area contributed by atoms with Crippen LogP contribution in [-0.2, 0) is 17.6 Å². The van der Waals surface area contributed by atoms with Crippen LogP contribution in [0.5, 0.6) is 0 Å². The quantitative estimate of drug-likeness (QED) is 0.506. The molecule has 3 aliphatic carbocycles. The molecule has 150 valence electrons. The van der Waals surface area contributed by atoms with Gasteiger partial charge >= 0.3 is 0 Å². The Balaban J connectivity index is 1.37. The summed E-state index contributed by atoms with van der Waals surface area (Å²) in [5.41, 5.74) is 5.43. The van der Waals surface area contributed by atoms with E-state index in [0.717, 1.165) is 44.1 Å². The molecule has 29 heavy (non-hydrogen) atoms. The summed E-state index contributed by atoms with van der Waals surface area (Å²) in [5.74, 6) is 2.34. The third-order valence-corrected chi connectivity index (χ3v) is 8.06. The first-order valence-electron chi connectivity index (χ1n) is 10.8. The lowest BCUT2D eigenvalue weighted by Gasteiger charge is -2.48. The molecule has 5 rings (SSSR count). The first-order chi connectivity index (χ1) is 14.0. The summed E-state index contributed by atoms with van der Waals surface area (Å²) in [7, 11) is 0. The van der Waals surface area contributed by atoms with Crippen LogP contribution in [0, 0.1) is 27.4 Å². The molecule has 0 aliphatic heterocycles. The normalized spacial score (nSPS) is 30.4. The van der Waals surface area contributed by atoms with Crippen LogP contribution < -0.4 is 0 Å².